The van der Waals surface area contributed by atoms with Crippen molar-refractivity contribution in [2.45, 2.75) is 37.6 Å². The van der Waals surface area contributed by atoms with E-state index in [-0.39, 0.29) is 29.7 Å². The van der Waals surface area contributed by atoms with Gasteiger partial charge in [0.1, 0.15) is 5.69 Å². The number of likely N-dealkylation sites (tertiary alicyclic amines) is 1. The molecule has 1 saturated carbocycles. The van der Waals surface area contributed by atoms with E-state index in [2.05, 4.69) is 32.6 Å². The van der Waals surface area contributed by atoms with Gasteiger partial charge in [-0.25, -0.2) is 4.98 Å². The molecule has 0 unspecified atom stereocenters. The van der Waals surface area contributed by atoms with Crippen LogP contribution < -0.4 is 5.32 Å². The van der Waals surface area contributed by atoms with Gasteiger partial charge in [0.15, 0.2) is 5.65 Å². The van der Waals surface area contributed by atoms with E-state index in [4.69, 9.17) is 0 Å². The van der Waals surface area contributed by atoms with E-state index < -0.39 is 0 Å². The molecule has 0 bridgehead atoms. The molecular formula is C23H25N5O2. The Morgan fingerprint density at radius 3 is 2.67 bits per heavy atom. The standard InChI is InChI=1S/C23H25N5O2/c29-22(16-7-4-8-16)26-20-14-28(12-11-18(20)15-5-2-1-3-6-15)23(30)19-10-9-17-13-24-27-21(17)25-19/h1-3,5-6,9-10,13,16,18,20H,4,7-8,11-12,14H2,(H,26,29)(H,24,25,27)/t18-,20-/m0/s1. The number of hydrogen-bond donors (Lipinski definition) is 2. The Kier molecular flexibility index (Phi) is 4.94. The van der Waals surface area contributed by atoms with Crippen LogP contribution in [0.1, 0.15) is 47.7 Å². The van der Waals surface area contributed by atoms with Crippen LogP contribution in [0.5, 0.6) is 0 Å². The molecule has 154 valence electrons. The normalized spacial score (nSPS) is 21.9. The quantitative estimate of drug-likeness (QED) is 0.701. The number of nitrogens with zero attached hydrogens (tertiary/aromatic N) is 3. The average molecular weight is 403 g/mol. The van der Waals surface area contributed by atoms with E-state index in [1.807, 2.05) is 29.2 Å². The van der Waals surface area contributed by atoms with Gasteiger partial charge in [-0.05, 0) is 37.0 Å². The molecule has 7 nitrogen and oxygen atoms in total. The molecule has 2 atom stereocenters. The molecule has 1 aliphatic heterocycles. The number of rotatable bonds is 4. The lowest BCUT2D eigenvalue weighted by Crippen LogP contribution is -2.54. The van der Waals surface area contributed by atoms with Crippen molar-refractivity contribution in [1.29, 1.82) is 0 Å². The zero-order valence-corrected chi connectivity index (χ0v) is 16.8. The predicted octanol–water partition coefficient (Wildman–Crippen LogP) is 2.87. The van der Waals surface area contributed by atoms with Crippen molar-refractivity contribution in [3.8, 4) is 0 Å². The van der Waals surface area contributed by atoms with Gasteiger partial charge in [-0.3, -0.25) is 14.7 Å². The summed E-state index contributed by atoms with van der Waals surface area (Å²) in [6.45, 7) is 1.12. The summed E-state index contributed by atoms with van der Waals surface area (Å²) in [5.41, 5.74) is 2.21. The summed E-state index contributed by atoms with van der Waals surface area (Å²) in [5.74, 6) is 0.332. The second kappa shape index (κ2) is 7.89. The van der Waals surface area contributed by atoms with Gasteiger partial charge in [-0.15, -0.1) is 0 Å². The predicted molar refractivity (Wildman–Crippen MR) is 113 cm³/mol. The van der Waals surface area contributed by atoms with Gasteiger partial charge in [0.05, 0.1) is 12.2 Å². The van der Waals surface area contributed by atoms with Crippen molar-refractivity contribution in [1.82, 2.24) is 25.4 Å². The highest BCUT2D eigenvalue weighted by molar-refractivity contribution is 5.94. The monoisotopic (exact) mass is 403 g/mol. The highest BCUT2D eigenvalue weighted by Gasteiger charge is 2.36. The summed E-state index contributed by atoms with van der Waals surface area (Å²) in [6, 6.07) is 13.8. The molecule has 0 radical (unpaired) electrons. The second-order valence-electron chi connectivity index (χ2n) is 8.30. The average Bonchev–Trinajstić information content (AvgIpc) is 3.20. The van der Waals surface area contributed by atoms with Crippen molar-refractivity contribution in [3.05, 3.63) is 59.9 Å². The first kappa shape index (κ1) is 18.8. The third kappa shape index (κ3) is 3.56. The molecule has 2 fully saturated rings. The number of H-pyrrole nitrogens is 1. The summed E-state index contributed by atoms with van der Waals surface area (Å²) in [6.07, 6.45) is 5.54. The van der Waals surface area contributed by atoms with Crippen LogP contribution in [0.2, 0.25) is 0 Å². The van der Waals surface area contributed by atoms with Gasteiger partial charge in [0.25, 0.3) is 5.91 Å². The minimum absolute atomic E-state index is 0.103. The van der Waals surface area contributed by atoms with Crippen LogP contribution in [0.3, 0.4) is 0 Å². The van der Waals surface area contributed by atoms with Crippen LogP contribution in [-0.4, -0.2) is 51.0 Å². The maximum Gasteiger partial charge on any atom is 0.272 e. The summed E-state index contributed by atoms with van der Waals surface area (Å²) in [4.78, 5) is 32.1. The van der Waals surface area contributed by atoms with Crippen LogP contribution in [0.25, 0.3) is 11.0 Å². The van der Waals surface area contributed by atoms with Crippen LogP contribution in [-0.2, 0) is 4.79 Å². The summed E-state index contributed by atoms with van der Waals surface area (Å²) in [7, 11) is 0. The zero-order valence-electron chi connectivity index (χ0n) is 16.8. The number of aromatic nitrogens is 3. The Labute approximate surface area is 174 Å². The second-order valence-corrected chi connectivity index (χ2v) is 8.30. The van der Waals surface area contributed by atoms with E-state index in [0.29, 0.717) is 24.4 Å². The SMILES string of the molecule is O=C(N[C@H]1CN(C(=O)c2ccc3cn[nH]c3n2)CC[C@H]1c1ccccc1)C1CCC1. The molecule has 2 aromatic heterocycles. The molecule has 3 heterocycles. The molecule has 1 saturated heterocycles. The fourth-order valence-corrected chi connectivity index (χ4v) is 4.46. The Morgan fingerprint density at radius 2 is 1.90 bits per heavy atom. The molecule has 2 aliphatic rings. The topological polar surface area (TPSA) is 91.0 Å². The van der Waals surface area contributed by atoms with Crippen LogP contribution in [0.4, 0.5) is 0 Å². The third-order valence-corrected chi connectivity index (χ3v) is 6.45. The van der Waals surface area contributed by atoms with E-state index in [9.17, 15) is 9.59 Å². The first-order chi connectivity index (χ1) is 14.7. The highest BCUT2D eigenvalue weighted by Crippen LogP contribution is 2.31. The van der Waals surface area contributed by atoms with Gasteiger partial charge in [0, 0.05) is 30.3 Å². The lowest BCUT2D eigenvalue weighted by Gasteiger charge is -2.40. The van der Waals surface area contributed by atoms with Gasteiger partial charge >= 0.3 is 0 Å². The number of carbonyl (C=O) groups excluding carboxylic acids is 2. The Balaban J connectivity index is 1.37. The molecule has 3 aromatic rings. The number of amides is 2. The number of nitrogens with one attached hydrogen (secondary N) is 2. The third-order valence-electron chi connectivity index (χ3n) is 6.45. The fourth-order valence-electron chi connectivity index (χ4n) is 4.46. The lowest BCUT2D eigenvalue weighted by atomic mass is 9.82. The maximum atomic E-state index is 13.2. The highest BCUT2D eigenvalue weighted by atomic mass is 16.2. The maximum absolute atomic E-state index is 13.2. The van der Waals surface area contributed by atoms with Crippen LogP contribution >= 0.6 is 0 Å². The molecular weight excluding hydrogens is 378 g/mol. The number of fused-ring (bicyclic) bond motifs is 1. The first-order valence-electron chi connectivity index (χ1n) is 10.6. The minimum atomic E-state index is -0.110. The van der Waals surface area contributed by atoms with Gasteiger partial charge in [-0.2, -0.15) is 5.10 Å². The van der Waals surface area contributed by atoms with Crippen LogP contribution in [0, 0.1) is 5.92 Å². The molecule has 5 rings (SSSR count). The number of carbonyl (C=O) groups is 2. The lowest BCUT2D eigenvalue weighted by molar-refractivity contribution is -0.128. The Morgan fingerprint density at radius 1 is 1.07 bits per heavy atom. The minimum Gasteiger partial charge on any atom is -0.351 e. The number of benzene rings is 1. The molecule has 0 spiro atoms. The van der Waals surface area contributed by atoms with Crippen molar-refractivity contribution in [2.24, 2.45) is 5.92 Å². The number of piperidine rings is 1. The van der Waals surface area contributed by atoms with Gasteiger partial charge < -0.3 is 10.2 Å². The van der Waals surface area contributed by atoms with Crippen LogP contribution in [0.15, 0.2) is 48.7 Å². The molecule has 7 heteroatoms. The van der Waals surface area contributed by atoms with E-state index in [1.54, 1.807) is 12.3 Å². The number of aromatic amines is 1. The van der Waals surface area contributed by atoms with Crippen molar-refractivity contribution >= 4 is 22.8 Å². The van der Waals surface area contributed by atoms with Crippen molar-refractivity contribution in [3.63, 3.8) is 0 Å². The van der Waals surface area contributed by atoms with Crippen molar-refractivity contribution in [2.75, 3.05) is 13.1 Å². The van der Waals surface area contributed by atoms with Crippen molar-refractivity contribution < 1.29 is 9.59 Å². The molecule has 2 N–H and O–H groups in total. The van der Waals surface area contributed by atoms with E-state index in [1.165, 1.54) is 5.56 Å². The van der Waals surface area contributed by atoms with Gasteiger partial charge in [-0.1, -0.05) is 36.8 Å². The van der Waals surface area contributed by atoms with Gasteiger partial charge in [0.2, 0.25) is 5.91 Å². The smallest absolute Gasteiger partial charge is 0.272 e. The summed E-state index contributed by atoms with van der Waals surface area (Å²) < 4.78 is 0. The van der Waals surface area contributed by atoms with E-state index >= 15 is 0 Å². The first-order valence-corrected chi connectivity index (χ1v) is 10.6. The fraction of sp³-hybridized carbons (Fsp3) is 0.391. The number of pyridine rings is 1. The Bertz CT molecular complexity index is 1060. The van der Waals surface area contributed by atoms with E-state index in [0.717, 1.165) is 31.1 Å². The molecule has 2 amide bonds. The number of hydrogen-bond acceptors (Lipinski definition) is 4. The molecule has 1 aromatic carbocycles. The largest absolute Gasteiger partial charge is 0.351 e. The molecule has 1 aliphatic carbocycles. The summed E-state index contributed by atoms with van der Waals surface area (Å²) >= 11 is 0. The molecule has 30 heavy (non-hydrogen) atoms. The zero-order chi connectivity index (χ0) is 20.5. The Hall–Kier alpha value is -3.22. The summed E-state index contributed by atoms with van der Waals surface area (Å²) in [5, 5.41) is 10.9.